The molecule has 5 heteroatoms. The molecule has 23 heavy (non-hydrogen) atoms. The van der Waals surface area contributed by atoms with E-state index in [9.17, 15) is 10.1 Å². The van der Waals surface area contributed by atoms with Gasteiger partial charge in [0.2, 0.25) is 0 Å². The average Bonchev–Trinajstić information content (AvgIpc) is 3.02. The first-order valence-corrected chi connectivity index (χ1v) is 8.62. The van der Waals surface area contributed by atoms with Gasteiger partial charge < -0.3 is 5.32 Å². The molecule has 0 amide bonds. The molecule has 3 rings (SSSR count). The molecule has 0 saturated heterocycles. The number of carbonyl (C=O) groups excluding carboxylic acids is 1. The third-order valence-electron chi connectivity index (χ3n) is 4.18. The Hall–Kier alpha value is -2.16. The zero-order valence-corrected chi connectivity index (χ0v) is 13.9. The fourth-order valence-electron chi connectivity index (χ4n) is 2.85. The number of ketones is 1. The molecule has 0 bridgehead atoms. The number of fused-ring (bicyclic) bond motifs is 1. The summed E-state index contributed by atoms with van der Waals surface area (Å²) in [5.41, 5.74) is 3.40. The second-order valence-corrected chi connectivity index (χ2v) is 6.75. The van der Waals surface area contributed by atoms with Crippen LogP contribution in [0.1, 0.15) is 33.3 Å². The van der Waals surface area contributed by atoms with Crippen molar-refractivity contribution >= 4 is 22.8 Å². The summed E-state index contributed by atoms with van der Waals surface area (Å²) in [6.45, 7) is 5.30. The summed E-state index contributed by atoms with van der Waals surface area (Å²) in [5, 5.41) is 14.7. The van der Waals surface area contributed by atoms with Crippen molar-refractivity contribution in [1.82, 2.24) is 4.90 Å². The molecule has 0 unspecified atom stereocenters. The van der Waals surface area contributed by atoms with Crippen molar-refractivity contribution in [3.05, 3.63) is 51.2 Å². The van der Waals surface area contributed by atoms with Crippen LogP contribution in [0.15, 0.2) is 29.6 Å². The summed E-state index contributed by atoms with van der Waals surface area (Å²) < 4.78 is 0. The van der Waals surface area contributed by atoms with Crippen molar-refractivity contribution in [2.24, 2.45) is 0 Å². The molecule has 0 fully saturated rings. The van der Waals surface area contributed by atoms with Crippen molar-refractivity contribution in [2.45, 2.75) is 19.9 Å². The highest BCUT2D eigenvalue weighted by Gasteiger charge is 2.16. The number of thiophene rings is 1. The quantitative estimate of drug-likeness (QED) is 0.857. The third kappa shape index (κ3) is 3.61. The average molecular weight is 325 g/mol. The van der Waals surface area contributed by atoms with Gasteiger partial charge in [0.05, 0.1) is 11.3 Å². The van der Waals surface area contributed by atoms with Crippen LogP contribution < -0.4 is 5.32 Å². The van der Waals surface area contributed by atoms with Gasteiger partial charge in [0.1, 0.15) is 6.07 Å². The molecule has 2 heterocycles. The molecule has 1 aromatic carbocycles. The lowest BCUT2D eigenvalue weighted by atomic mass is 10.1. The minimum absolute atomic E-state index is 0.0126. The number of rotatable bonds is 5. The van der Waals surface area contributed by atoms with Gasteiger partial charge in [-0.05, 0) is 48.6 Å². The Kier molecular flexibility index (Phi) is 4.75. The van der Waals surface area contributed by atoms with Crippen LogP contribution in [0.2, 0.25) is 0 Å². The molecule has 0 saturated carbocycles. The van der Waals surface area contributed by atoms with E-state index in [0.717, 1.165) is 38.3 Å². The van der Waals surface area contributed by atoms with Gasteiger partial charge in [-0.25, -0.2) is 0 Å². The number of nitriles is 1. The number of hydrogen-bond donors (Lipinski definition) is 1. The lowest BCUT2D eigenvalue weighted by molar-refractivity contribution is 0.101. The van der Waals surface area contributed by atoms with Crippen molar-refractivity contribution in [1.29, 1.82) is 5.26 Å². The summed E-state index contributed by atoms with van der Waals surface area (Å²) >= 11 is 1.85. The van der Waals surface area contributed by atoms with Crippen LogP contribution in [0.5, 0.6) is 0 Å². The lowest BCUT2D eigenvalue weighted by Crippen LogP contribution is -2.33. The maximum atomic E-state index is 11.5. The van der Waals surface area contributed by atoms with E-state index in [1.54, 1.807) is 18.2 Å². The topological polar surface area (TPSA) is 56.1 Å². The van der Waals surface area contributed by atoms with Crippen molar-refractivity contribution in [2.75, 3.05) is 25.0 Å². The number of nitrogens with zero attached hydrogens (tertiary/aromatic N) is 2. The Labute approximate surface area is 140 Å². The van der Waals surface area contributed by atoms with Crippen LogP contribution in [-0.4, -0.2) is 30.3 Å². The normalized spacial score (nSPS) is 14.1. The molecular formula is C18H19N3OS. The molecule has 0 radical (unpaired) electrons. The fraction of sp³-hybridized carbons (Fsp3) is 0.333. The Morgan fingerprint density at radius 1 is 1.43 bits per heavy atom. The first-order valence-electron chi connectivity index (χ1n) is 7.74. The lowest BCUT2D eigenvalue weighted by Gasteiger charge is -2.27. The van der Waals surface area contributed by atoms with Crippen LogP contribution in [0, 0.1) is 11.3 Å². The maximum Gasteiger partial charge on any atom is 0.159 e. The predicted molar refractivity (Wildman–Crippen MR) is 93.0 cm³/mol. The zero-order valence-electron chi connectivity index (χ0n) is 13.1. The van der Waals surface area contributed by atoms with E-state index in [2.05, 4.69) is 27.7 Å². The molecular weight excluding hydrogens is 306 g/mol. The van der Waals surface area contributed by atoms with Crippen LogP contribution in [-0.2, 0) is 13.0 Å². The van der Waals surface area contributed by atoms with E-state index >= 15 is 0 Å². The summed E-state index contributed by atoms with van der Waals surface area (Å²) in [5.74, 6) is 0.0126. The van der Waals surface area contributed by atoms with Gasteiger partial charge in [-0.15, -0.1) is 11.3 Å². The van der Waals surface area contributed by atoms with E-state index in [1.165, 1.54) is 17.4 Å². The van der Waals surface area contributed by atoms with Gasteiger partial charge in [0, 0.05) is 36.6 Å². The Bertz CT molecular complexity index is 760. The van der Waals surface area contributed by atoms with E-state index < -0.39 is 0 Å². The standard InChI is InChI=1S/C18H19N3OS/c1-13(22)14-2-3-15(11-19)17(10-14)20-6-8-21-7-4-18-16(12-21)5-9-23-18/h2-3,5,9-10,20H,4,6-8,12H2,1H3. The van der Waals surface area contributed by atoms with Gasteiger partial charge in [-0.3, -0.25) is 9.69 Å². The van der Waals surface area contributed by atoms with E-state index in [1.807, 2.05) is 11.3 Å². The summed E-state index contributed by atoms with van der Waals surface area (Å²) in [6.07, 6.45) is 1.12. The molecule has 2 aromatic rings. The molecule has 1 aliphatic rings. The van der Waals surface area contributed by atoms with Crippen molar-refractivity contribution in [3.63, 3.8) is 0 Å². The highest BCUT2D eigenvalue weighted by atomic mass is 32.1. The number of carbonyl (C=O) groups is 1. The minimum Gasteiger partial charge on any atom is -0.383 e. The fourth-order valence-corrected chi connectivity index (χ4v) is 3.74. The van der Waals surface area contributed by atoms with Crippen LogP contribution in [0.3, 0.4) is 0 Å². The van der Waals surface area contributed by atoms with Crippen LogP contribution >= 0.6 is 11.3 Å². The summed E-state index contributed by atoms with van der Waals surface area (Å²) in [4.78, 5) is 15.4. The minimum atomic E-state index is 0.0126. The summed E-state index contributed by atoms with van der Waals surface area (Å²) in [6, 6.07) is 9.57. The highest BCUT2D eigenvalue weighted by Crippen LogP contribution is 2.24. The molecule has 0 aliphatic carbocycles. The Morgan fingerprint density at radius 3 is 3.09 bits per heavy atom. The Morgan fingerprint density at radius 2 is 2.30 bits per heavy atom. The van der Waals surface area contributed by atoms with Crippen LogP contribution in [0.4, 0.5) is 5.69 Å². The summed E-state index contributed by atoms with van der Waals surface area (Å²) in [7, 11) is 0. The van der Waals surface area contributed by atoms with Crippen LogP contribution in [0.25, 0.3) is 0 Å². The molecule has 4 nitrogen and oxygen atoms in total. The van der Waals surface area contributed by atoms with Gasteiger partial charge in [0.25, 0.3) is 0 Å². The molecule has 0 spiro atoms. The SMILES string of the molecule is CC(=O)c1ccc(C#N)c(NCCN2CCc3sccc3C2)c1. The first kappa shape index (κ1) is 15.7. The van der Waals surface area contributed by atoms with E-state index in [4.69, 9.17) is 0 Å². The Balaban J connectivity index is 1.60. The van der Waals surface area contributed by atoms with E-state index in [-0.39, 0.29) is 5.78 Å². The monoisotopic (exact) mass is 325 g/mol. The maximum absolute atomic E-state index is 11.5. The molecule has 1 N–H and O–H groups in total. The first-order chi connectivity index (χ1) is 11.2. The molecule has 1 aromatic heterocycles. The molecule has 1 aliphatic heterocycles. The number of Topliss-reactive ketones (excluding diaryl/α,β-unsaturated/α-hetero) is 1. The largest absolute Gasteiger partial charge is 0.383 e. The molecule has 0 atom stereocenters. The molecule has 118 valence electrons. The smallest absolute Gasteiger partial charge is 0.159 e. The number of anilines is 1. The van der Waals surface area contributed by atoms with Crippen molar-refractivity contribution < 1.29 is 4.79 Å². The number of hydrogen-bond acceptors (Lipinski definition) is 5. The van der Waals surface area contributed by atoms with Gasteiger partial charge in [-0.2, -0.15) is 5.26 Å². The third-order valence-corrected chi connectivity index (χ3v) is 5.20. The number of benzene rings is 1. The van der Waals surface area contributed by atoms with Crippen molar-refractivity contribution in [3.8, 4) is 6.07 Å². The second kappa shape index (κ2) is 6.95. The number of nitrogens with one attached hydrogen (secondary N) is 1. The highest BCUT2D eigenvalue weighted by molar-refractivity contribution is 7.10. The van der Waals surface area contributed by atoms with E-state index in [0.29, 0.717) is 11.1 Å². The van der Waals surface area contributed by atoms with Gasteiger partial charge in [0.15, 0.2) is 5.78 Å². The van der Waals surface area contributed by atoms with Gasteiger partial charge in [-0.1, -0.05) is 0 Å². The predicted octanol–water partition coefficient (Wildman–Crippen LogP) is 3.29. The second-order valence-electron chi connectivity index (χ2n) is 5.75. The van der Waals surface area contributed by atoms with Gasteiger partial charge >= 0.3 is 0 Å². The zero-order chi connectivity index (χ0) is 16.2.